The lowest BCUT2D eigenvalue weighted by Gasteiger charge is -2.07. The van der Waals surface area contributed by atoms with Gasteiger partial charge in [0.2, 0.25) is 0 Å². The molecule has 2 atom stereocenters. The van der Waals surface area contributed by atoms with E-state index in [1.807, 2.05) is 0 Å². The summed E-state index contributed by atoms with van der Waals surface area (Å²) < 4.78 is 4.78. The third-order valence-corrected chi connectivity index (χ3v) is 1.92. The van der Waals surface area contributed by atoms with Gasteiger partial charge >= 0.3 is 5.97 Å². The number of esters is 1. The predicted molar refractivity (Wildman–Crippen MR) is 43.7 cm³/mol. The van der Waals surface area contributed by atoms with Gasteiger partial charge in [0.05, 0.1) is 19.1 Å². The van der Waals surface area contributed by atoms with E-state index >= 15 is 0 Å². The molecule has 0 aromatic rings. The van der Waals surface area contributed by atoms with Crippen LogP contribution in [0, 0.1) is 0 Å². The molecular formula is C8H15NO3. The minimum atomic E-state index is -0.301. The molecule has 1 saturated heterocycles. The Bertz CT molecular complexity index is 160. The highest BCUT2D eigenvalue weighted by Gasteiger charge is 2.24. The molecule has 1 heterocycles. The van der Waals surface area contributed by atoms with Gasteiger partial charge in [-0.15, -0.1) is 0 Å². The van der Waals surface area contributed by atoms with E-state index in [1.54, 1.807) is 6.92 Å². The molecule has 0 aromatic heterocycles. The predicted octanol–water partition coefficient (Wildman–Crippen LogP) is -0.338. The van der Waals surface area contributed by atoms with Gasteiger partial charge in [0.25, 0.3) is 0 Å². The third-order valence-electron chi connectivity index (χ3n) is 1.92. The smallest absolute Gasteiger partial charge is 0.307 e. The second-order valence-electron chi connectivity index (χ2n) is 3.00. The molecule has 1 rings (SSSR count). The van der Waals surface area contributed by atoms with Crippen LogP contribution in [0.4, 0.5) is 0 Å². The van der Waals surface area contributed by atoms with Crippen molar-refractivity contribution in [3.63, 3.8) is 0 Å². The summed E-state index contributed by atoms with van der Waals surface area (Å²) in [7, 11) is 0. The van der Waals surface area contributed by atoms with Crippen molar-refractivity contribution in [1.82, 2.24) is 5.32 Å². The fourth-order valence-corrected chi connectivity index (χ4v) is 1.37. The number of hydrogen-bond donors (Lipinski definition) is 2. The van der Waals surface area contributed by atoms with Gasteiger partial charge in [-0.3, -0.25) is 4.79 Å². The number of carbonyl (C=O) groups is 1. The fourth-order valence-electron chi connectivity index (χ4n) is 1.37. The summed E-state index contributed by atoms with van der Waals surface area (Å²) in [6, 6.07) is 0.0963. The molecule has 12 heavy (non-hydrogen) atoms. The molecular weight excluding hydrogens is 158 g/mol. The van der Waals surface area contributed by atoms with E-state index < -0.39 is 0 Å². The Morgan fingerprint density at radius 2 is 2.50 bits per heavy atom. The summed E-state index contributed by atoms with van der Waals surface area (Å²) in [6.45, 7) is 2.80. The van der Waals surface area contributed by atoms with Gasteiger partial charge in [0.1, 0.15) is 0 Å². The first-order valence-electron chi connectivity index (χ1n) is 4.29. The first kappa shape index (κ1) is 9.48. The Balaban J connectivity index is 2.18. The van der Waals surface area contributed by atoms with Crippen LogP contribution in [-0.2, 0) is 9.53 Å². The molecule has 0 bridgehead atoms. The Morgan fingerprint density at radius 1 is 1.75 bits per heavy atom. The van der Waals surface area contributed by atoms with Crippen molar-refractivity contribution in [1.29, 1.82) is 0 Å². The number of hydrogen-bond acceptors (Lipinski definition) is 4. The molecule has 0 radical (unpaired) electrons. The molecule has 4 heteroatoms. The molecule has 0 aliphatic carbocycles. The maximum Gasteiger partial charge on any atom is 0.307 e. The van der Waals surface area contributed by atoms with E-state index in [2.05, 4.69) is 5.32 Å². The van der Waals surface area contributed by atoms with Gasteiger partial charge in [0.15, 0.2) is 0 Å². The van der Waals surface area contributed by atoms with E-state index in [0.717, 1.165) is 0 Å². The molecule has 4 nitrogen and oxygen atoms in total. The van der Waals surface area contributed by atoms with Gasteiger partial charge in [-0.1, -0.05) is 0 Å². The number of β-amino-alcohol motifs (C(OH)–C–C–N with tert-alkyl or cyclic N) is 1. The van der Waals surface area contributed by atoms with Crippen molar-refractivity contribution in [2.75, 3.05) is 13.2 Å². The summed E-state index contributed by atoms with van der Waals surface area (Å²) in [5.41, 5.74) is 0. The Kier molecular flexibility index (Phi) is 3.49. The SMILES string of the molecule is CCOC(=O)C[C@H]1C[C@@H](O)CN1. The Morgan fingerprint density at radius 3 is 3.00 bits per heavy atom. The minimum absolute atomic E-state index is 0.0963. The van der Waals surface area contributed by atoms with Crippen LogP contribution in [0.1, 0.15) is 19.8 Å². The Hall–Kier alpha value is -0.610. The van der Waals surface area contributed by atoms with Gasteiger partial charge in [-0.25, -0.2) is 0 Å². The first-order valence-corrected chi connectivity index (χ1v) is 4.29. The standard InChI is InChI=1S/C8H15NO3/c1-2-12-8(11)4-6-3-7(10)5-9-6/h6-7,9-10H,2-5H2,1H3/t6-,7-/m1/s1. The number of nitrogens with one attached hydrogen (secondary N) is 1. The third kappa shape index (κ3) is 2.79. The van der Waals surface area contributed by atoms with E-state index in [-0.39, 0.29) is 18.1 Å². The van der Waals surface area contributed by atoms with Gasteiger partial charge in [0, 0.05) is 12.6 Å². The molecule has 1 aliphatic heterocycles. The van der Waals surface area contributed by atoms with Gasteiger partial charge < -0.3 is 15.2 Å². The number of aliphatic hydroxyl groups excluding tert-OH is 1. The van der Waals surface area contributed by atoms with Crippen LogP contribution in [0.5, 0.6) is 0 Å². The number of carbonyl (C=O) groups excluding carboxylic acids is 1. The van der Waals surface area contributed by atoms with Crippen LogP contribution in [-0.4, -0.2) is 36.4 Å². The van der Waals surface area contributed by atoms with E-state index in [1.165, 1.54) is 0 Å². The largest absolute Gasteiger partial charge is 0.466 e. The summed E-state index contributed by atoms with van der Waals surface area (Å²) in [5.74, 6) is -0.191. The number of rotatable bonds is 3. The lowest BCUT2D eigenvalue weighted by atomic mass is 10.1. The maximum atomic E-state index is 11.0. The molecule has 0 saturated carbocycles. The molecule has 1 fully saturated rings. The van der Waals surface area contributed by atoms with Gasteiger partial charge in [-0.2, -0.15) is 0 Å². The first-order chi connectivity index (χ1) is 5.72. The summed E-state index contributed by atoms with van der Waals surface area (Å²) in [4.78, 5) is 11.0. The van der Waals surface area contributed by atoms with Crippen LogP contribution in [0.3, 0.4) is 0 Å². The zero-order chi connectivity index (χ0) is 8.97. The Labute approximate surface area is 71.9 Å². The number of aliphatic hydroxyl groups is 1. The van der Waals surface area contributed by atoms with Crippen molar-refractivity contribution < 1.29 is 14.6 Å². The molecule has 70 valence electrons. The molecule has 0 unspecified atom stereocenters. The van der Waals surface area contributed by atoms with Crippen LogP contribution >= 0.6 is 0 Å². The fraction of sp³-hybridized carbons (Fsp3) is 0.875. The zero-order valence-corrected chi connectivity index (χ0v) is 7.25. The molecule has 0 aromatic carbocycles. The van der Waals surface area contributed by atoms with Crippen molar-refractivity contribution in [3.05, 3.63) is 0 Å². The summed E-state index contributed by atoms with van der Waals surface area (Å²) >= 11 is 0. The highest BCUT2D eigenvalue weighted by molar-refractivity contribution is 5.70. The molecule has 2 N–H and O–H groups in total. The highest BCUT2D eigenvalue weighted by Crippen LogP contribution is 2.10. The lowest BCUT2D eigenvalue weighted by Crippen LogP contribution is -2.25. The van der Waals surface area contributed by atoms with Crippen molar-refractivity contribution >= 4 is 5.97 Å². The normalized spacial score (nSPS) is 28.8. The zero-order valence-electron chi connectivity index (χ0n) is 7.25. The molecule has 1 aliphatic rings. The molecule has 0 spiro atoms. The van der Waals surface area contributed by atoms with Crippen molar-refractivity contribution in [3.8, 4) is 0 Å². The quantitative estimate of drug-likeness (QED) is 0.573. The van der Waals surface area contributed by atoms with E-state index in [9.17, 15) is 4.79 Å². The lowest BCUT2D eigenvalue weighted by molar-refractivity contribution is -0.143. The minimum Gasteiger partial charge on any atom is -0.466 e. The van der Waals surface area contributed by atoms with Crippen molar-refractivity contribution in [2.24, 2.45) is 0 Å². The van der Waals surface area contributed by atoms with Crippen LogP contribution in [0.15, 0.2) is 0 Å². The topological polar surface area (TPSA) is 58.6 Å². The van der Waals surface area contributed by atoms with Crippen molar-refractivity contribution in [2.45, 2.75) is 31.9 Å². The van der Waals surface area contributed by atoms with Crippen LogP contribution in [0.2, 0.25) is 0 Å². The second-order valence-corrected chi connectivity index (χ2v) is 3.00. The molecule has 0 amide bonds. The average Bonchev–Trinajstić information content (AvgIpc) is 2.36. The van der Waals surface area contributed by atoms with Crippen LogP contribution < -0.4 is 5.32 Å². The number of ether oxygens (including phenoxy) is 1. The second kappa shape index (κ2) is 4.42. The average molecular weight is 173 g/mol. The highest BCUT2D eigenvalue weighted by atomic mass is 16.5. The monoisotopic (exact) mass is 173 g/mol. The maximum absolute atomic E-state index is 11.0. The van der Waals surface area contributed by atoms with E-state index in [4.69, 9.17) is 9.84 Å². The van der Waals surface area contributed by atoms with E-state index in [0.29, 0.717) is 26.0 Å². The van der Waals surface area contributed by atoms with Gasteiger partial charge in [-0.05, 0) is 13.3 Å². The summed E-state index contributed by atoms with van der Waals surface area (Å²) in [6.07, 6.45) is 0.716. The summed E-state index contributed by atoms with van der Waals surface area (Å²) in [5, 5.41) is 12.2. The van der Waals surface area contributed by atoms with Crippen LogP contribution in [0.25, 0.3) is 0 Å².